The smallest absolute Gasteiger partial charge is 0.220 e. The summed E-state index contributed by atoms with van der Waals surface area (Å²) in [6, 6.07) is 7.72. The van der Waals surface area contributed by atoms with Crippen LogP contribution in [0.25, 0.3) is 0 Å². The Balaban J connectivity index is 1.66. The summed E-state index contributed by atoms with van der Waals surface area (Å²) in [6.07, 6.45) is 3.66. The Kier molecular flexibility index (Phi) is 4.61. The van der Waals surface area contributed by atoms with Crippen LogP contribution in [0.5, 0.6) is 0 Å². The van der Waals surface area contributed by atoms with Gasteiger partial charge in [-0.1, -0.05) is 23.7 Å². The Morgan fingerprint density at radius 2 is 2.06 bits per heavy atom. The van der Waals surface area contributed by atoms with Crippen molar-refractivity contribution in [2.24, 2.45) is 11.7 Å². The number of hydrogen-bond acceptors (Lipinski definition) is 2. The fourth-order valence-corrected chi connectivity index (χ4v) is 2.05. The molecule has 2 rings (SSSR count). The summed E-state index contributed by atoms with van der Waals surface area (Å²) < 4.78 is 0. The van der Waals surface area contributed by atoms with Crippen LogP contribution >= 0.6 is 11.6 Å². The first-order valence-corrected chi connectivity index (χ1v) is 6.79. The van der Waals surface area contributed by atoms with E-state index in [0.29, 0.717) is 18.9 Å². The standard InChI is InChI=1S/C14H19ClN2O/c15-12-6-1-10(2-7-12)3-8-14(18)17-9-13(16)11-4-5-11/h1-2,6-7,11,13H,3-5,8-9,16H2,(H,17,18). The summed E-state index contributed by atoms with van der Waals surface area (Å²) in [5, 5.41) is 3.62. The Hall–Kier alpha value is -1.06. The van der Waals surface area contributed by atoms with Crippen LogP contribution < -0.4 is 11.1 Å². The fourth-order valence-electron chi connectivity index (χ4n) is 1.92. The molecule has 1 saturated carbocycles. The van der Waals surface area contributed by atoms with Gasteiger partial charge in [-0.15, -0.1) is 0 Å². The van der Waals surface area contributed by atoms with E-state index in [2.05, 4.69) is 5.32 Å². The lowest BCUT2D eigenvalue weighted by Gasteiger charge is -2.11. The van der Waals surface area contributed by atoms with Gasteiger partial charge in [-0.25, -0.2) is 0 Å². The van der Waals surface area contributed by atoms with Crippen LogP contribution in [-0.2, 0) is 11.2 Å². The van der Waals surface area contributed by atoms with Crippen LogP contribution in [0.4, 0.5) is 0 Å². The van der Waals surface area contributed by atoms with E-state index in [9.17, 15) is 4.79 Å². The fraction of sp³-hybridized carbons (Fsp3) is 0.500. The molecule has 3 N–H and O–H groups in total. The van der Waals surface area contributed by atoms with E-state index >= 15 is 0 Å². The summed E-state index contributed by atoms with van der Waals surface area (Å²) >= 11 is 5.80. The molecule has 1 unspecified atom stereocenters. The minimum absolute atomic E-state index is 0.0704. The molecule has 1 aromatic carbocycles. The minimum Gasteiger partial charge on any atom is -0.355 e. The number of amides is 1. The topological polar surface area (TPSA) is 55.1 Å². The van der Waals surface area contributed by atoms with Gasteiger partial charge in [0.25, 0.3) is 0 Å². The summed E-state index contributed by atoms with van der Waals surface area (Å²) in [6.45, 7) is 0.601. The zero-order valence-electron chi connectivity index (χ0n) is 10.4. The highest BCUT2D eigenvalue weighted by molar-refractivity contribution is 6.30. The van der Waals surface area contributed by atoms with Crippen molar-refractivity contribution in [3.63, 3.8) is 0 Å². The maximum Gasteiger partial charge on any atom is 0.220 e. The lowest BCUT2D eigenvalue weighted by atomic mass is 10.1. The average molecular weight is 267 g/mol. The van der Waals surface area contributed by atoms with Gasteiger partial charge in [0.2, 0.25) is 5.91 Å². The molecule has 0 radical (unpaired) electrons. The predicted molar refractivity (Wildman–Crippen MR) is 73.5 cm³/mol. The Morgan fingerprint density at radius 1 is 1.39 bits per heavy atom. The van der Waals surface area contributed by atoms with Crippen molar-refractivity contribution >= 4 is 17.5 Å². The van der Waals surface area contributed by atoms with Crippen molar-refractivity contribution in [2.45, 2.75) is 31.7 Å². The van der Waals surface area contributed by atoms with Gasteiger partial charge in [0.15, 0.2) is 0 Å². The summed E-state index contributed by atoms with van der Waals surface area (Å²) in [5.74, 6) is 0.697. The van der Waals surface area contributed by atoms with Crippen molar-refractivity contribution in [1.29, 1.82) is 0 Å². The highest BCUT2D eigenvalue weighted by Crippen LogP contribution is 2.31. The van der Waals surface area contributed by atoms with E-state index in [1.807, 2.05) is 24.3 Å². The van der Waals surface area contributed by atoms with Crippen LogP contribution in [0.15, 0.2) is 24.3 Å². The summed E-state index contributed by atoms with van der Waals surface area (Å²) in [7, 11) is 0. The highest BCUT2D eigenvalue weighted by atomic mass is 35.5. The normalized spacial score (nSPS) is 16.3. The van der Waals surface area contributed by atoms with E-state index < -0.39 is 0 Å². The third-order valence-electron chi connectivity index (χ3n) is 3.32. The van der Waals surface area contributed by atoms with Gasteiger partial charge in [-0.3, -0.25) is 4.79 Å². The number of benzene rings is 1. The molecule has 1 aliphatic rings. The van der Waals surface area contributed by atoms with E-state index in [4.69, 9.17) is 17.3 Å². The van der Waals surface area contributed by atoms with Crippen molar-refractivity contribution in [3.8, 4) is 0 Å². The molecule has 0 spiro atoms. The lowest BCUT2D eigenvalue weighted by Crippen LogP contribution is -2.38. The third kappa shape index (κ3) is 4.31. The number of rotatable bonds is 6. The van der Waals surface area contributed by atoms with Gasteiger partial charge in [0, 0.05) is 24.0 Å². The molecule has 3 nitrogen and oxygen atoms in total. The number of aryl methyl sites for hydroxylation is 1. The Morgan fingerprint density at radius 3 is 2.67 bits per heavy atom. The minimum atomic E-state index is 0.0704. The van der Waals surface area contributed by atoms with E-state index in [0.717, 1.165) is 17.0 Å². The van der Waals surface area contributed by atoms with Gasteiger partial charge in [-0.2, -0.15) is 0 Å². The molecule has 98 valence electrons. The van der Waals surface area contributed by atoms with Crippen LogP contribution in [0.3, 0.4) is 0 Å². The van der Waals surface area contributed by atoms with Crippen LogP contribution in [-0.4, -0.2) is 18.5 Å². The lowest BCUT2D eigenvalue weighted by molar-refractivity contribution is -0.121. The number of hydrogen-bond donors (Lipinski definition) is 2. The number of carbonyl (C=O) groups excluding carboxylic acids is 1. The zero-order chi connectivity index (χ0) is 13.0. The van der Waals surface area contributed by atoms with Gasteiger partial charge >= 0.3 is 0 Å². The van der Waals surface area contributed by atoms with E-state index in [1.54, 1.807) is 0 Å². The molecule has 1 atom stereocenters. The molecule has 18 heavy (non-hydrogen) atoms. The molecule has 0 aromatic heterocycles. The average Bonchev–Trinajstić information content (AvgIpc) is 3.19. The molecular weight excluding hydrogens is 248 g/mol. The second-order valence-electron chi connectivity index (χ2n) is 4.93. The molecule has 0 aliphatic heterocycles. The maximum atomic E-state index is 11.6. The largest absolute Gasteiger partial charge is 0.355 e. The third-order valence-corrected chi connectivity index (χ3v) is 3.57. The molecule has 0 saturated heterocycles. The van der Waals surface area contributed by atoms with Crippen molar-refractivity contribution in [3.05, 3.63) is 34.9 Å². The molecule has 0 bridgehead atoms. The SMILES string of the molecule is NC(CNC(=O)CCc1ccc(Cl)cc1)C1CC1. The van der Waals surface area contributed by atoms with E-state index in [-0.39, 0.29) is 11.9 Å². The summed E-state index contributed by atoms with van der Waals surface area (Å²) in [5.41, 5.74) is 7.05. The molecule has 1 aliphatic carbocycles. The van der Waals surface area contributed by atoms with Crippen molar-refractivity contribution in [1.82, 2.24) is 5.32 Å². The first-order valence-electron chi connectivity index (χ1n) is 6.42. The van der Waals surface area contributed by atoms with Gasteiger partial charge in [-0.05, 0) is 42.9 Å². The molecular formula is C14H19ClN2O. The van der Waals surface area contributed by atoms with Crippen LogP contribution in [0.1, 0.15) is 24.8 Å². The van der Waals surface area contributed by atoms with Gasteiger partial charge in [0.1, 0.15) is 0 Å². The Bertz CT molecular complexity index is 401. The van der Waals surface area contributed by atoms with Gasteiger partial charge in [0.05, 0.1) is 0 Å². The Labute approximate surface area is 113 Å². The van der Waals surface area contributed by atoms with Crippen molar-refractivity contribution < 1.29 is 4.79 Å². The maximum absolute atomic E-state index is 11.6. The van der Waals surface area contributed by atoms with E-state index in [1.165, 1.54) is 12.8 Å². The molecule has 0 heterocycles. The van der Waals surface area contributed by atoms with Crippen LogP contribution in [0.2, 0.25) is 5.02 Å². The first-order chi connectivity index (χ1) is 8.65. The number of nitrogens with one attached hydrogen (secondary N) is 1. The van der Waals surface area contributed by atoms with Gasteiger partial charge < -0.3 is 11.1 Å². The van der Waals surface area contributed by atoms with Crippen LogP contribution in [0, 0.1) is 5.92 Å². The monoisotopic (exact) mass is 266 g/mol. The molecule has 1 amide bonds. The highest BCUT2D eigenvalue weighted by Gasteiger charge is 2.28. The molecule has 4 heteroatoms. The molecule has 1 aromatic rings. The summed E-state index contributed by atoms with van der Waals surface area (Å²) in [4.78, 5) is 11.6. The number of carbonyl (C=O) groups is 1. The molecule has 1 fully saturated rings. The quantitative estimate of drug-likeness (QED) is 0.829. The second-order valence-corrected chi connectivity index (χ2v) is 5.37. The number of nitrogens with two attached hydrogens (primary N) is 1. The number of halogens is 1. The first kappa shape index (κ1) is 13.4. The predicted octanol–water partition coefficient (Wildman–Crippen LogP) is 2.13. The second kappa shape index (κ2) is 6.21. The zero-order valence-corrected chi connectivity index (χ0v) is 11.1. The van der Waals surface area contributed by atoms with Crippen molar-refractivity contribution in [2.75, 3.05) is 6.54 Å².